The fourth-order valence-electron chi connectivity index (χ4n) is 22.3. The lowest BCUT2D eigenvalue weighted by Gasteiger charge is -2.32. The van der Waals surface area contributed by atoms with E-state index in [0.717, 1.165) is 175 Å². The second-order valence-electron chi connectivity index (χ2n) is 34.8. The molecule has 0 radical (unpaired) electrons. The molecule has 21 heteroatoms. The van der Waals surface area contributed by atoms with Crippen molar-refractivity contribution in [3.8, 4) is 28.2 Å². The highest BCUT2D eigenvalue weighted by Crippen LogP contribution is 2.62. The maximum Gasteiger partial charge on any atom is 0.519 e. The fraction of sp³-hybridized carbons (Fsp3) is 0.0177. The number of aromatic nitrogens is 9. The number of para-hydroxylation sites is 22. The summed E-state index contributed by atoms with van der Waals surface area (Å²) in [6.45, 7) is -5.37. The van der Waals surface area contributed by atoms with E-state index in [-0.39, 0.29) is 18.2 Å². The molecule has 6 aromatic heterocycles. The molecule has 0 aliphatic carbocycles. The molecule has 18 aromatic carbocycles. The van der Waals surface area contributed by atoms with Crippen LogP contribution in [0.25, 0.3) is 112 Å². The minimum atomic E-state index is -2.70. The van der Waals surface area contributed by atoms with E-state index < -0.39 is 27.9 Å². The first-order chi connectivity index (χ1) is 68.8. The number of rotatable bonds is 10. The van der Waals surface area contributed by atoms with Gasteiger partial charge in [0.1, 0.15) is 0 Å². The molecule has 0 atom stereocenters. The predicted octanol–water partition coefficient (Wildman–Crippen LogP) is 27.2. The van der Waals surface area contributed by atoms with Gasteiger partial charge < -0.3 is 43.3 Å². The summed E-state index contributed by atoms with van der Waals surface area (Å²) in [7, 11) is -1.19. The van der Waals surface area contributed by atoms with Crippen LogP contribution in [0.15, 0.2) is 431 Å². The summed E-state index contributed by atoms with van der Waals surface area (Å²) in [5.41, 5.74) is 33.1. The number of nitrogens with zero attached hydrogens (tertiary/aromatic N) is 18. The van der Waals surface area contributed by atoms with Crippen LogP contribution in [0.1, 0.15) is 19.4 Å². The molecule has 12 heterocycles. The predicted molar refractivity (Wildman–Crippen MR) is 552 cm³/mol. The van der Waals surface area contributed by atoms with Crippen molar-refractivity contribution in [1.29, 1.82) is 0 Å². The lowest BCUT2D eigenvalue weighted by atomic mass is 9.86. The SMILES string of the molecule is [2H]C([2H])([2H])c1cc2c(cc1-c1cc3c(cc1C([2H])([2H])[2H])N(c1cccc(-n4c5ccccc5n5c6ccccc6nc45)c1)B1N(c4ccccc4)c4ccccc4N13)N1B(N(c3ccccc3)c3ccccc31)N2c1ccccc1.c1ccc(N2B3N(c4cccc(-n5c6ccccc6n6c7cc(-n8c9ccccc9n9c%10ccccc%10nc89)ccc7nc56)c4)c4ccccc4N3c3ccccc32)cc1. The molecule has 0 saturated heterocycles. The van der Waals surface area contributed by atoms with E-state index in [1.165, 1.54) is 17.1 Å². The molecular formula is C113H77B3N18. The Morgan fingerprint density at radius 1 is 0.179 bits per heavy atom. The van der Waals surface area contributed by atoms with E-state index in [0.29, 0.717) is 22.5 Å². The van der Waals surface area contributed by atoms with Crippen LogP contribution in [0, 0.1) is 13.7 Å². The molecule has 0 spiro atoms. The van der Waals surface area contributed by atoms with E-state index >= 15 is 0 Å². The molecule has 628 valence electrons. The smallest absolute Gasteiger partial charge is 0.344 e. The Bertz CT molecular complexity index is 9270. The minimum Gasteiger partial charge on any atom is -0.344 e. The zero-order valence-corrected chi connectivity index (χ0v) is 71.8. The van der Waals surface area contributed by atoms with Crippen molar-refractivity contribution in [2.75, 3.05) is 43.3 Å². The Kier molecular flexibility index (Phi) is 14.4. The first-order valence-corrected chi connectivity index (χ1v) is 45.2. The zero-order chi connectivity index (χ0) is 92.8. The molecule has 0 N–H and O–H groups in total. The summed E-state index contributed by atoms with van der Waals surface area (Å²) in [5, 5.41) is 0. The van der Waals surface area contributed by atoms with Crippen molar-refractivity contribution in [2.24, 2.45) is 0 Å². The van der Waals surface area contributed by atoms with Crippen LogP contribution < -0.4 is 43.3 Å². The summed E-state index contributed by atoms with van der Waals surface area (Å²) in [4.78, 5) is 36.7. The lowest BCUT2D eigenvalue weighted by molar-refractivity contribution is 1.10. The van der Waals surface area contributed by atoms with Gasteiger partial charge in [0.25, 0.3) is 0 Å². The van der Waals surface area contributed by atoms with E-state index in [1.807, 2.05) is 146 Å². The standard InChI is InChI=1S/C63H45B2N9.C50H32BN9/c1-42-37-59-61(73-57-35-18-16-33-55(57)69(44-21-6-3-7-22-44)64(73)71(59)46-25-10-5-11-26-46)40-49(42)50-41-62-60(38-43(50)2)72(65-70(45-23-8-4-9-24-45)56-34-17-19-36-58(56)74(62)65)48-28-20-27-47(39-48)67-53-31-14-15-32-54(53)68-52-30-13-12-29-51(52)66-63(67)68;1-2-15-33(16-3-1)58-44-25-10-12-27-46(44)60-47-28-13-11-26-45(47)59(51(58)60)36-18-14-17-34(31-36)54-41-22-7-9-24-43(41)57-48-32-35(29-30-38(48)53-50(54)57)55-40-21-6-8-23-42(40)56-39-20-5-4-19-37(39)52-49(55)56/h3-41H,1-2H3;1-32H/i1D3,2D3;. The third-order valence-electron chi connectivity index (χ3n) is 27.8. The molecule has 0 amide bonds. The Labute approximate surface area is 779 Å². The molecule has 6 aliphatic heterocycles. The van der Waals surface area contributed by atoms with Crippen LogP contribution in [-0.4, -0.2) is 63.2 Å². The van der Waals surface area contributed by atoms with Gasteiger partial charge in [-0.1, -0.05) is 194 Å². The van der Waals surface area contributed by atoms with Gasteiger partial charge in [-0.2, -0.15) is 0 Å². The molecule has 30 rings (SSSR count). The highest BCUT2D eigenvalue weighted by molar-refractivity contribution is 6.82. The van der Waals surface area contributed by atoms with Crippen molar-refractivity contribution in [1.82, 2.24) is 41.9 Å². The van der Waals surface area contributed by atoms with Gasteiger partial charge >= 0.3 is 21.4 Å². The molecule has 6 aliphatic rings. The number of aryl methyl sites for hydroxylation is 2. The molecule has 0 unspecified atom stereocenters. The van der Waals surface area contributed by atoms with Crippen molar-refractivity contribution < 1.29 is 8.22 Å². The van der Waals surface area contributed by atoms with Crippen LogP contribution in [0.3, 0.4) is 0 Å². The fourth-order valence-corrected chi connectivity index (χ4v) is 22.3. The molecule has 134 heavy (non-hydrogen) atoms. The lowest BCUT2D eigenvalue weighted by Crippen LogP contribution is -2.51. The van der Waals surface area contributed by atoms with Gasteiger partial charge in [0.05, 0.1) is 152 Å². The van der Waals surface area contributed by atoms with E-state index in [4.69, 9.17) is 15.0 Å². The molecule has 0 saturated carbocycles. The topological polar surface area (TPSA) is 95.9 Å². The Hall–Kier alpha value is -17.8. The Morgan fingerprint density at radius 3 is 0.784 bits per heavy atom. The minimum absolute atomic E-state index is 0.0351. The third kappa shape index (κ3) is 10.4. The van der Waals surface area contributed by atoms with Crippen LogP contribution in [0.5, 0.6) is 0 Å². The molecule has 0 fully saturated rings. The summed E-state index contributed by atoms with van der Waals surface area (Å²) in [6, 6.07) is 149. The number of hydrogen-bond acceptors (Lipinski definition) is 12. The summed E-state index contributed by atoms with van der Waals surface area (Å²) < 4.78 is 69.9. The Morgan fingerprint density at radius 2 is 0.425 bits per heavy atom. The van der Waals surface area contributed by atoms with Gasteiger partial charge in [0.2, 0.25) is 17.3 Å². The second-order valence-corrected chi connectivity index (χ2v) is 34.8. The largest absolute Gasteiger partial charge is 0.519 e. The van der Waals surface area contributed by atoms with Crippen LogP contribution >= 0.6 is 0 Å². The highest BCUT2D eigenvalue weighted by atomic mass is 15.5. The summed E-state index contributed by atoms with van der Waals surface area (Å²) in [5.74, 6) is 2.51. The maximum absolute atomic E-state index is 9.45. The van der Waals surface area contributed by atoms with Crippen molar-refractivity contribution in [3.05, 3.63) is 442 Å². The third-order valence-corrected chi connectivity index (χ3v) is 27.8. The van der Waals surface area contributed by atoms with Crippen molar-refractivity contribution in [3.63, 3.8) is 0 Å². The first-order valence-electron chi connectivity index (χ1n) is 48.2. The molecule has 24 aromatic rings. The van der Waals surface area contributed by atoms with Crippen LogP contribution in [0.4, 0.5) is 102 Å². The average molecular weight is 1730 g/mol. The van der Waals surface area contributed by atoms with E-state index in [2.05, 4.69) is 343 Å². The molecule has 0 bridgehead atoms. The second kappa shape index (κ2) is 28.3. The number of fused-ring (bicyclic) bond motifs is 30. The van der Waals surface area contributed by atoms with Gasteiger partial charge in [-0.25, -0.2) is 15.0 Å². The quantitative estimate of drug-likeness (QED) is 0.122. The van der Waals surface area contributed by atoms with Gasteiger partial charge in [0.15, 0.2) is 0 Å². The number of imidazole rings is 6. The normalized spacial score (nSPS) is 14.7. The van der Waals surface area contributed by atoms with Gasteiger partial charge in [0, 0.05) is 42.3 Å². The van der Waals surface area contributed by atoms with Gasteiger partial charge in [-0.15, -0.1) is 0 Å². The van der Waals surface area contributed by atoms with Crippen molar-refractivity contribution in [2.45, 2.75) is 13.7 Å². The number of benzene rings is 18. The average Bonchev–Trinajstić information content (AvgIpc) is 1.54. The molecule has 18 nitrogen and oxygen atoms in total. The van der Waals surface area contributed by atoms with Crippen LogP contribution in [0.2, 0.25) is 0 Å². The van der Waals surface area contributed by atoms with Crippen LogP contribution in [-0.2, 0) is 0 Å². The summed E-state index contributed by atoms with van der Waals surface area (Å²) in [6.07, 6.45) is 0. The van der Waals surface area contributed by atoms with Crippen molar-refractivity contribution >= 4 is 207 Å². The Balaban J connectivity index is 0.000000140. The van der Waals surface area contributed by atoms with Gasteiger partial charge in [-0.05, 0) is 273 Å². The maximum atomic E-state index is 9.45. The first kappa shape index (κ1) is 68.3. The zero-order valence-electron chi connectivity index (χ0n) is 77.8. The number of hydrogen-bond donors (Lipinski definition) is 0. The summed E-state index contributed by atoms with van der Waals surface area (Å²) >= 11 is 0. The number of anilines is 18. The van der Waals surface area contributed by atoms with E-state index in [9.17, 15) is 8.22 Å². The van der Waals surface area contributed by atoms with E-state index in [1.54, 1.807) is 12.1 Å². The molecular weight excluding hydrogens is 1640 g/mol. The monoisotopic (exact) mass is 1720 g/mol. The van der Waals surface area contributed by atoms with Gasteiger partial charge in [-0.3, -0.25) is 26.9 Å². The highest BCUT2D eigenvalue weighted by Gasteiger charge is 2.57.